The summed E-state index contributed by atoms with van der Waals surface area (Å²) in [5, 5.41) is 0. The maximum atomic E-state index is 12.1. The highest BCUT2D eigenvalue weighted by atomic mass is 16.5. The number of ether oxygens (including phenoxy) is 1. The van der Waals surface area contributed by atoms with Crippen molar-refractivity contribution in [3.05, 3.63) is 23.0 Å². The maximum Gasteiger partial charge on any atom is 0.155 e. The number of fused-ring (bicyclic) bond motifs is 7. The summed E-state index contributed by atoms with van der Waals surface area (Å²) >= 11 is 0. The van der Waals surface area contributed by atoms with Crippen LogP contribution in [0.1, 0.15) is 99.3 Å². The molecule has 4 aliphatic carbocycles. The van der Waals surface area contributed by atoms with Gasteiger partial charge < -0.3 is 9.64 Å². The highest BCUT2D eigenvalue weighted by Crippen LogP contribution is 2.69. The first-order valence-electron chi connectivity index (χ1n) is 14.5. The van der Waals surface area contributed by atoms with Gasteiger partial charge in [-0.05, 0) is 111 Å². The Balaban J connectivity index is 1.29. The van der Waals surface area contributed by atoms with E-state index in [4.69, 9.17) is 4.74 Å². The number of carbonyl (C=O) groups is 1. The van der Waals surface area contributed by atoms with Gasteiger partial charge in [0, 0.05) is 25.3 Å². The Hall–Kier alpha value is -1.09. The molecule has 0 bridgehead atoms. The SMILES string of the molecule is CCN(CC)CC(C)CCC1=C(C)[C@H]2[C@H](C[C@H]3[C@@H]4CCC5=CC(=O)CC[C@]5(C)[C@H]4CC[C@@]32C)O1. The molecule has 190 valence electrons. The van der Waals surface area contributed by atoms with Crippen molar-refractivity contribution >= 4 is 5.78 Å². The highest BCUT2D eigenvalue weighted by molar-refractivity contribution is 5.91. The van der Waals surface area contributed by atoms with Gasteiger partial charge in [0.15, 0.2) is 5.78 Å². The summed E-state index contributed by atoms with van der Waals surface area (Å²) < 4.78 is 6.80. The monoisotopic (exact) mass is 467 g/mol. The average molecular weight is 468 g/mol. The summed E-state index contributed by atoms with van der Waals surface area (Å²) in [5.41, 5.74) is 3.75. The van der Waals surface area contributed by atoms with Gasteiger partial charge in [-0.15, -0.1) is 0 Å². The molecular weight excluding hydrogens is 418 g/mol. The van der Waals surface area contributed by atoms with Crippen LogP contribution < -0.4 is 0 Å². The predicted octanol–water partition coefficient (Wildman–Crippen LogP) is 7.18. The normalized spacial score (nSPS) is 42.0. The van der Waals surface area contributed by atoms with Gasteiger partial charge in [-0.2, -0.15) is 0 Å². The molecule has 3 saturated carbocycles. The number of ketones is 1. The predicted molar refractivity (Wildman–Crippen MR) is 139 cm³/mol. The number of rotatable bonds is 7. The van der Waals surface area contributed by atoms with Gasteiger partial charge in [0.05, 0.1) is 5.76 Å². The maximum absolute atomic E-state index is 12.1. The van der Waals surface area contributed by atoms with Gasteiger partial charge in [-0.3, -0.25) is 4.79 Å². The molecule has 1 unspecified atom stereocenters. The number of carbonyl (C=O) groups excluding carboxylic acids is 1. The lowest BCUT2D eigenvalue weighted by Gasteiger charge is -2.58. The minimum atomic E-state index is 0.272. The molecule has 0 aromatic rings. The fourth-order valence-corrected chi connectivity index (χ4v) is 9.53. The quantitative estimate of drug-likeness (QED) is 0.397. The summed E-state index contributed by atoms with van der Waals surface area (Å²) in [7, 11) is 0. The highest BCUT2D eigenvalue weighted by Gasteiger charge is 2.63. The molecule has 0 spiro atoms. The third kappa shape index (κ3) is 3.84. The fourth-order valence-electron chi connectivity index (χ4n) is 9.53. The summed E-state index contributed by atoms with van der Waals surface area (Å²) in [6, 6.07) is 0. The Bertz CT molecular complexity index is 869. The van der Waals surface area contributed by atoms with E-state index < -0.39 is 0 Å². The lowest BCUT2D eigenvalue weighted by molar-refractivity contribution is -0.117. The van der Waals surface area contributed by atoms with Crippen LogP contribution in [0.5, 0.6) is 0 Å². The molecular formula is C31H49NO2. The Labute approximate surface area is 208 Å². The number of hydrogen-bond acceptors (Lipinski definition) is 3. The van der Waals surface area contributed by atoms with Crippen LogP contribution in [0.25, 0.3) is 0 Å². The van der Waals surface area contributed by atoms with Crippen LogP contribution in [0.4, 0.5) is 0 Å². The van der Waals surface area contributed by atoms with Crippen LogP contribution in [0.3, 0.4) is 0 Å². The van der Waals surface area contributed by atoms with Gasteiger partial charge in [0.1, 0.15) is 6.10 Å². The molecule has 1 aliphatic heterocycles. The molecule has 3 heteroatoms. The van der Waals surface area contributed by atoms with E-state index in [9.17, 15) is 4.79 Å². The molecule has 5 rings (SSSR count). The molecule has 0 saturated heterocycles. The van der Waals surface area contributed by atoms with Crippen LogP contribution in [-0.4, -0.2) is 36.4 Å². The second-order valence-corrected chi connectivity index (χ2v) is 13.1. The molecule has 0 amide bonds. The zero-order chi connectivity index (χ0) is 24.3. The topological polar surface area (TPSA) is 29.5 Å². The Morgan fingerprint density at radius 2 is 1.88 bits per heavy atom. The van der Waals surface area contributed by atoms with Crippen LogP contribution in [0.15, 0.2) is 23.0 Å². The first-order chi connectivity index (χ1) is 16.2. The first-order valence-corrected chi connectivity index (χ1v) is 14.5. The molecule has 3 nitrogen and oxygen atoms in total. The molecule has 0 N–H and O–H groups in total. The summed E-state index contributed by atoms with van der Waals surface area (Å²) in [6.45, 7) is 18.0. The van der Waals surface area contributed by atoms with Crippen molar-refractivity contribution < 1.29 is 9.53 Å². The zero-order valence-electron chi connectivity index (χ0n) is 22.8. The summed E-state index contributed by atoms with van der Waals surface area (Å²) in [4.78, 5) is 14.7. The minimum absolute atomic E-state index is 0.272. The first kappa shape index (κ1) is 24.6. The van der Waals surface area contributed by atoms with E-state index in [-0.39, 0.29) is 5.41 Å². The number of nitrogens with zero attached hydrogens (tertiary/aromatic N) is 1. The standard InChI is InChI=1S/C31H49NO2/c1-7-32(8-2)19-20(3)9-12-27-21(4)29-28(34-27)18-26-24-11-10-22-17-23(33)13-15-30(22,5)25(24)14-16-31(26,29)6/h17,20,24-26,28-29H,7-16,18-19H2,1-6H3/t20?,24-,25+,26+,28+,29+,30+,31+/m1/s1. The molecule has 1 heterocycles. The van der Waals surface area contributed by atoms with Gasteiger partial charge in [-0.1, -0.05) is 40.2 Å². The van der Waals surface area contributed by atoms with E-state index in [2.05, 4.69) is 46.4 Å². The van der Waals surface area contributed by atoms with Crippen molar-refractivity contribution in [3.63, 3.8) is 0 Å². The Morgan fingerprint density at radius 1 is 1.12 bits per heavy atom. The third-order valence-corrected chi connectivity index (χ3v) is 11.5. The summed E-state index contributed by atoms with van der Waals surface area (Å²) in [6.07, 6.45) is 13.0. The molecule has 3 fully saturated rings. The van der Waals surface area contributed by atoms with E-state index in [0.717, 1.165) is 62.4 Å². The Morgan fingerprint density at radius 3 is 2.62 bits per heavy atom. The molecule has 0 radical (unpaired) electrons. The van der Waals surface area contributed by atoms with E-state index >= 15 is 0 Å². The fraction of sp³-hybridized carbons (Fsp3) is 0.839. The van der Waals surface area contributed by atoms with Crippen LogP contribution in [-0.2, 0) is 9.53 Å². The number of hydrogen-bond donors (Lipinski definition) is 0. The zero-order valence-corrected chi connectivity index (χ0v) is 22.8. The van der Waals surface area contributed by atoms with Crippen LogP contribution >= 0.6 is 0 Å². The van der Waals surface area contributed by atoms with Crippen molar-refractivity contribution in [2.24, 2.45) is 40.4 Å². The lowest BCUT2D eigenvalue weighted by atomic mass is 9.46. The van der Waals surface area contributed by atoms with Crippen molar-refractivity contribution in [3.8, 4) is 0 Å². The lowest BCUT2D eigenvalue weighted by Crippen LogP contribution is -2.50. The van der Waals surface area contributed by atoms with Crippen LogP contribution in [0.2, 0.25) is 0 Å². The largest absolute Gasteiger partial charge is 0.494 e. The van der Waals surface area contributed by atoms with Crippen molar-refractivity contribution in [2.45, 2.75) is 105 Å². The summed E-state index contributed by atoms with van der Waals surface area (Å²) in [5.74, 6) is 5.43. The smallest absolute Gasteiger partial charge is 0.155 e. The van der Waals surface area contributed by atoms with Gasteiger partial charge in [-0.25, -0.2) is 0 Å². The molecule has 0 aromatic carbocycles. The van der Waals surface area contributed by atoms with Gasteiger partial charge in [0.2, 0.25) is 0 Å². The van der Waals surface area contributed by atoms with Crippen molar-refractivity contribution in [1.29, 1.82) is 0 Å². The molecule has 5 aliphatic rings. The van der Waals surface area contributed by atoms with Gasteiger partial charge in [0.25, 0.3) is 0 Å². The van der Waals surface area contributed by atoms with E-state index in [1.54, 1.807) is 5.57 Å². The van der Waals surface area contributed by atoms with Crippen molar-refractivity contribution in [2.75, 3.05) is 19.6 Å². The molecule has 8 atom stereocenters. The van der Waals surface area contributed by atoms with Crippen LogP contribution in [0, 0.1) is 40.4 Å². The third-order valence-electron chi connectivity index (χ3n) is 11.5. The minimum Gasteiger partial charge on any atom is -0.494 e. The van der Waals surface area contributed by atoms with E-state index in [1.165, 1.54) is 50.0 Å². The molecule has 0 aromatic heterocycles. The second-order valence-electron chi connectivity index (χ2n) is 13.1. The molecule has 34 heavy (non-hydrogen) atoms. The van der Waals surface area contributed by atoms with E-state index in [1.807, 2.05) is 6.08 Å². The number of allylic oxidation sites excluding steroid dienone is 2. The van der Waals surface area contributed by atoms with Gasteiger partial charge >= 0.3 is 0 Å². The average Bonchev–Trinajstić information content (AvgIpc) is 3.29. The Kier molecular flexibility index (Phi) is 6.58. The van der Waals surface area contributed by atoms with Crippen molar-refractivity contribution in [1.82, 2.24) is 4.90 Å². The van der Waals surface area contributed by atoms with E-state index in [0.29, 0.717) is 23.2 Å². The second kappa shape index (κ2) is 9.09.